The Kier molecular flexibility index (Phi) is 3.66. The summed E-state index contributed by atoms with van der Waals surface area (Å²) in [5, 5.41) is 0. The third kappa shape index (κ3) is 2.82. The second-order valence-electron chi connectivity index (χ2n) is 4.07. The molecule has 0 heterocycles. The number of nitrogens with two attached hydrogens (primary N) is 2. The Morgan fingerprint density at radius 2 is 1.94 bits per heavy atom. The fraction of sp³-hybridized carbons (Fsp3) is 0.333. The summed E-state index contributed by atoms with van der Waals surface area (Å²) in [7, 11) is 0. The summed E-state index contributed by atoms with van der Waals surface area (Å²) in [6.45, 7) is 6.20. The van der Waals surface area contributed by atoms with Gasteiger partial charge in [0.25, 0.3) is 5.91 Å². The minimum Gasteiger partial charge on any atom is -0.370 e. The van der Waals surface area contributed by atoms with Crippen molar-refractivity contribution >= 4 is 11.9 Å². The average Bonchev–Trinajstić information content (AvgIpc) is 2.15. The van der Waals surface area contributed by atoms with E-state index in [1.807, 2.05) is 19.1 Å². The first kappa shape index (κ1) is 12.2. The van der Waals surface area contributed by atoms with E-state index in [0.717, 1.165) is 5.56 Å². The van der Waals surface area contributed by atoms with Crippen molar-refractivity contribution in [2.75, 3.05) is 0 Å². The number of carbonyl (C=O) groups is 1. The van der Waals surface area contributed by atoms with Crippen LogP contribution in [0.15, 0.2) is 23.2 Å². The van der Waals surface area contributed by atoms with Crippen LogP contribution in [0.5, 0.6) is 0 Å². The smallest absolute Gasteiger partial charge is 0.280 e. The van der Waals surface area contributed by atoms with Gasteiger partial charge in [-0.25, -0.2) is 0 Å². The van der Waals surface area contributed by atoms with Gasteiger partial charge in [0.05, 0.1) is 0 Å². The van der Waals surface area contributed by atoms with Gasteiger partial charge in [-0.15, -0.1) is 0 Å². The Labute approximate surface area is 95.4 Å². The molecule has 4 nitrogen and oxygen atoms in total. The number of nitrogens with zero attached hydrogens (tertiary/aromatic N) is 1. The zero-order valence-electron chi connectivity index (χ0n) is 9.82. The van der Waals surface area contributed by atoms with Crippen molar-refractivity contribution in [1.82, 2.24) is 0 Å². The van der Waals surface area contributed by atoms with Crippen molar-refractivity contribution in [3.63, 3.8) is 0 Å². The number of hydrogen-bond acceptors (Lipinski definition) is 1. The minimum atomic E-state index is -0.404. The van der Waals surface area contributed by atoms with Crippen molar-refractivity contribution in [3.8, 4) is 0 Å². The van der Waals surface area contributed by atoms with Crippen LogP contribution in [0.3, 0.4) is 0 Å². The Hall–Kier alpha value is -1.84. The predicted octanol–water partition coefficient (Wildman–Crippen LogP) is 1.53. The maximum absolute atomic E-state index is 11.5. The second kappa shape index (κ2) is 4.79. The van der Waals surface area contributed by atoms with E-state index < -0.39 is 5.91 Å². The molecule has 1 aromatic carbocycles. The molecule has 16 heavy (non-hydrogen) atoms. The molecule has 0 spiro atoms. The molecular weight excluding hydrogens is 202 g/mol. The number of amides is 1. The third-order valence-electron chi connectivity index (χ3n) is 2.37. The fourth-order valence-electron chi connectivity index (χ4n) is 1.64. The summed E-state index contributed by atoms with van der Waals surface area (Å²) < 4.78 is 0. The lowest BCUT2D eigenvalue weighted by molar-refractivity contribution is 0.100. The van der Waals surface area contributed by atoms with Gasteiger partial charge >= 0.3 is 0 Å². The van der Waals surface area contributed by atoms with Crippen molar-refractivity contribution in [3.05, 3.63) is 34.9 Å². The fourth-order valence-corrected chi connectivity index (χ4v) is 1.64. The topological polar surface area (TPSA) is 81.5 Å². The number of aliphatic imine (C=N–C) groups is 1. The van der Waals surface area contributed by atoms with Crippen LogP contribution < -0.4 is 11.5 Å². The first-order chi connectivity index (χ1) is 7.41. The average molecular weight is 219 g/mol. The maximum atomic E-state index is 11.5. The number of rotatable bonds is 2. The molecule has 1 aromatic rings. The summed E-state index contributed by atoms with van der Waals surface area (Å²) in [6.07, 6.45) is 0. The molecule has 0 atom stereocenters. The highest BCUT2D eigenvalue weighted by molar-refractivity contribution is 6.02. The highest BCUT2D eigenvalue weighted by Gasteiger charge is 2.08. The van der Waals surface area contributed by atoms with Crippen LogP contribution >= 0.6 is 0 Å². The summed E-state index contributed by atoms with van der Waals surface area (Å²) in [4.78, 5) is 15.0. The summed E-state index contributed by atoms with van der Waals surface area (Å²) in [5.74, 6) is -0.179. The van der Waals surface area contributed by atoms with Gasteiger partial charge in [0, 0.05) is 5.56 Å². The molecule has 0 unspecified atom stereocenters. The Morgan fingerprint density at radius 1 is 1.31 bits per heavy atom. The first-order valence-electron chi connectivity index (χ1n) is 5.16. The van der Waals surface area contributed by atoms with E-state index in [0.29, 0.717) is 11.5 Å². The number of benzene rings is 1. The van der Waals surface area contributed by atoms with E-state index >= 15 is 0 Å². The molecule has 4 N–H and O–H groups in total. The van der Waals surface area contributed by atoms with Crippen LogP contribution in [-0.4, -0.2) is 11.9 Å². The Morgan fingerprint density at radius 3 is 2.38 bits per heavy atom. The highest BCUT2D eigenvalue weighted by Crippen LogP contribution is 2.20. The molecule has 0 saturated heterocycles. The number of hydrogen-bond donors (Lipinski definition) is 2. The standard InChI is InChI=1S/C12H17N3O/c1-7(2)10-5-4-9(6-8(10)3)11(16)15-12(13)14/h4-7H,1-3H3,(H4,13,14,15,16). The van der Waals surface area contributed by atoms with Gasteiger partial charge in [0.1, 0.15) is 0 Å². The normalized spacial score (nSPS) is 10.2. The van der Waals surface area contributed by atoms with E-state index in [-0.39, 0.29) is 5.96 Å². The lowest BCUT2D eigenvalue weighted by atomic mass is 9.96. The summed E-state index contributed by atoms with van der Waals surface area (Å²) in [6, 6.07) is 5.50. The molecule has 4 heteroatoms. The Bertz CT molecular complexity index is 432. The van der Waals surface area contributed by atoms with Crippen LogP contribution in [-0.2, 0) is 0 Å². The summed E-state index contributed by atoms with van der Waals surface area (Å²) in [5.41, 5.74) is 13.1. The Balaban J connectivity index is 3.07. The van der Waals surface area contributed by atoms with Gasteiger partial charge < -0.3 is 11.5 Å². The molecule has 0 aliphatic carbocycles. The van der Waals surface area contributed by atoms with Crippen LogP contribution in [0.25, 0.3) is 0 Å². The molecule has 0 aromatic heterocycles. The molecule has 1 amide bonds. The molecule has 0 fully saturated rings. The van der Waals surface area contributed by atoms with E-state index in [1.54, 1.807) is 6.07 Å². The van der Waals surface area contributed by atoms with Crippen molar-refractivity contribution in [1.29, 1.82) is 0 Å². The first-order valence-corrected chi connectivity index (χ1v) is 5.16. The molecule has 1 rings (SSSR count). The van der Waals surface area contributed by atoms with E-state index in [2.05, 4.69) is 18.8 Å². The van der Waals surface area contributed by atoms with Crippen LogP contribution in [0.4, 0.5) is 0 Å². The van der Waals surface area contributed by atoms with E-state index in [1.165, 1.54) is 5.56 Å². The second-order valence-corrected chi connectivity index (χ2v) is 4.07. The van der Waals surface area contributed by atoms with Gasteiger partial charge in [-0.2, -0.15) is 4.99 Å². The van der Waals surface area contributed by atoms with Gasteiger partial charge in [0.2, 0.25) is 0 Å². The zero-order valence-corrected chi connectivity index (χ0v) is 9.82. The zero-order chi connectivity index (χ0) is 12.3. The molecule has 0 radical (unpaired) electrons. The van der Waals surface area contributed by atoms with Crippen LogP contribution in [0.1, 0.15) is 41.3 Å². The van der Waals surface area contributed by atoms with Crippen molar-refractivity contribution in [2.45, 2.75) is 26.7 Å². The largest absolute Gasteiger partial charge is 0.370 e. The lowest BCUT2D eigenvalue weighted by Gasteiger charge is -2.10. The quantitative estimate of drug-likeness (QED) is 0.584. The van der Waals surface area contributed by atoms with Crippen LogP contribution in [0, 0.1) is 6.92 Å². The van der Waals surface area contributed by atoms with Gasteiger partial charge in [-0.1, -0.05) is 19.9 Å². The molecule has 0 bridgehead atoms. The summed E-state index contributed by atoms with van der Waals surface area (Å²) >= 11 is 0. The van der Waals surface area contributed by atoms with Crippen LogP contribution in [0.2, 0.25) is 0 Å². The molecular formula is C12H17N3O. The van der Waals surface area contributed by atoms with Gasteiger partial charge in [-0.05, 0) is 36.1 Å². The van der Waals surface area contributed by atoms with Crippen molar-refractivity contribution < 1.29 is 4.79 Å². The lowest BCUT2D eigenvalue weighted by Crippen LogP contribution is -2.24. The highest BCUT2D eigenvalue weighted by atomic mass is 16.1. The third-order valence-corrected chi connectivity index (χ3v) is 2.37. The predicted molar refractivity (Wildman–Crippen MR) is 65.4 cm³/mol. The molecule has 86 valence electrons. The number of carbonyl (C=O) groups excluding carboxylic acids is 1. The number of aryl methyl sites for hydroxylation is 1. The van der Waals surface area contributed by atoms with E-state index in [4.69, 9.17) is 11.5 Å². The maximum Gasteiger partial charge on any atom is 0.280 e. The van der Waals surface area contributed by atoms with E-state index in [9.17, 15) is 4.79 Å². The molecule has 0 aliphatic rings. The van der Waals surface area contributed by atoms with Crippen molar-refractivity contribution in [2.24, 2.45) is 16.5 Å². The molecule has 0 aliphatic heterocycles. The minimum absolute atomic E-state index is 0.212. The molecule has 0 saturated carbocycles. The SMILES string of the molecule is Cc1cc(C(=O)N=C(N)N)ccc1C(C)C. The number of guanidine groups is 1. The monoisotopic (exact) mass is 219 g/mol. The van der Waals surface area contributed by atoms with Gasteiger partial charge in [-0.3, -0.25) is 4.79 Å². The van der Waals surface area contributed by atoms with Gasteiger partial charge in [0.15, 0.2) is 5.96 Å².